The summed E-state index contributed by atoms with van der Waals surface area (Å²) in [7, 11) is 1.63. The third-order valence-electron chi connectivity index (χ3n) is 3.99. The molecule has 5 nitrogen and oxygen atoms in total. The highest BCUT2D eigenvalue weighted by atomic mass is 16.5. The summed E-state index contributed by atoms with van der Waals surface area (Å²) in [6, 6.07) is 9.38. The van der Waals surface area contributed by atoms with Crippen LogP contribution in [0.25, 0.3) is 0 Å². The van der Waals surface area contributed by atoms with Gasteiger partial charge in [0.1, 0.15) is 5.75 Å². The maximum absolute atomic E-state index is 12.6. The van der Waals surface area contributed by atoms with Crippen molar-refractivity contribution in [1.82, 2.24) is 9.88 Å². The highest BCUT2D eigenvalue weighted by molar-refractivity contribution is 5.96. The van der Waals surface area contributed by atoms with Crippen molar-refractivity contribution in [2.24, 2.45) is 0 Å². The zero-order chi connectivity index (χ0) is 15.7. The highest BCUT2D eigenvalue weighted by Crippen LogP contribution is 2.20. The first kappa shape index (κ1) is 14.4. The third-order valence-corrected chi connectivity index (χ3v) is 3.99. The molecule has 0 radical (unpaired) electrons. The molecular formula is C17H18N2O3. The van der Waals surface area contributed by atoms with E-state index in [0.29, 0.717) is 30.6 Å². The SMILES string of the molecule is COc1ccc(CN2CCc3[nH]c(=O)c(C)cc3C2=O)cc1. The molecule has 0 saturated heterocycles. The van der Waals surface area contributed by atoms with E-state index in [9.17, 15) is 9.59 Å². The molecule has 114 valence electrons. The minimum absolute atomic E-state index is 0.0311. The summed E-state index contributed by atoms with van der Waals surface area (Å²) in [6.07, 6.45) is 0.673. The lowest BCUT2D eigenvalue weighted by atomic mass is 10.0. The van der Waals surface area contributed by atoms with Crippen LogP contribution in [-0.4, -0.2) is 29.4 Å². The zero-order valence-corrected chi connectivity index (χ0v) is 12.7. The number of aryl methyl sites for hydroxylation is 1. The average molecular weight is 298 g/mol. The van der Waals surface area contributed by atoms with E-state index >= 15 is 0 Å². The Morgan fingerprint density at radius 3 is 2.64 bits per heavy atom. The number of hydrogen-bond acceptors (Lipinski definition) is 3. The third kappa shape index (κ3) is 2.62. The molecule has 5 heteroatoms. The Kier molecular flexibility index (Phi) is 3.71. The van der Waals surface area contributed by atoms with E-state index < -0.39 is 0 Å². The summed E-state index contributed by atoms with van der Waals surface area (Å²) < 4.78 is 5.14. The van der Waals surface area contributed by atoms with E-state index in [-0.39, 0.29) is 11.5 Å². The van der Waals surface area contributed by atoms with Crippen molar-refractivity contribution in [3.05, 3.63) is 63.1 Å². The van der Waals surface area contributed by atoms with Gasteiger partial charge in [-0.05, 0) is 30.7 Å². The molecule has 0 atom stereocenters. The number of benzene rings is 1. The molecule has 2 heterocycles. The molecule has 1 aliphatic heterocycles. The van der Waals surface area contributed by atoms with Crippen LogP contribution in [-0.2, 0) is 13.0 Å². The van der Waals surface area contributed by atoms with Gasteiger partial charge >= 0.3 is 0 Å². The number of nitrogens with one attached hydrogen (secondary N) is 1. The van der Waals surface area contributed by atoms with Crippen LogP contribution in [0.15, 0.2) is 35.1 Å². The van der Waals surface area contributed by atoms with Crippen molar-refractivity contribution in [2.75, 3.05) is 13.7 Å². The highest BCUT2D eigenvalue weighted by Gasteiger charge is 2.25. The van der Waals surface area contributed by atoms with Crippen LogP contribution < -0.4 is 10.3 Å². The number of fused-ring (bicyclic) bond motifs is 1. The quantitative estimate of drug-likeness (QED) is 0.941. The van der Waals surface area contributed by atoms with Gasteiger partial charge in [0.25, 0.3) is 11.5 Å². The number of carbonyl (C=O) groups excluding carboxylic acids is 1. The van der Waals surface area contributed by atoms with Gasteiger partial charge in [0, 0.05) is 30.8 Å². The van der Waals surface area contributed by atoms with Crippen molar-refractivity contribution in [3.8, 4) is 5.75 Å². The molecule has 2 aromatic rings. The number of pyridine rings is 1. The molecule has 0 bridgehead atoms. The van der Waals surface area contributed by atoms with E-state index in [0.717, 1.165) is 17.0 Å². The molecular weight excluding hydrogens is 280 g/mol. The van der Waals surface area contributed by atoms with Crippen LogP contribution in [0, 0.1) is 6.92 Å². The van der Waals surface area contributed by atoms with Crippen LogP contribution in [0.4, 0.5) is 0 Å². The topological polar surface area (TPSA) is 62.4 Å². The lowest BCUT2D eigenvalue weighted by Gasteiger charge is -2.28. The van der Waals surface area contributed by atoms with E-state index in [1.807, 2.05) is 29.2 Å². The summed E-state index contributed by atoms with van der Waals surface area (Å²) in [4.78, 5) is 28.8. The zero-order valence-electron chi connectivity index (χ0n) is 12.7. The van der Waals surface area contributed by atoms with Gasteiger partial charge in [-0.2, -0.15) is 0 Å². The molecule has 1 N–H and O–H groups in total. The number of aromatic amines is 1. The van der Waals surface area contributed by atoms with E-state index in [1.165, 1.54) is 0 Å². The van der Waals surface area contributed by atoms with Crippen molar-refractivity contribution in [1.29, 1.82) is 0 Å². The van der Waals surface area contributed by atoms with E-state index in [2.05, 4.69) is 4.98 Å². The standard InChI is InChI=1S/C17H18N2O3/c1-11-9-14-15(18-16(11)20)7-8-19(17(14)21)10-12-3-5-13(22-2)6-4-12/h3-6,9H,7-8,10H2,1-2H3,(H,18,20). The Bertz CT molecular complexity index is 762. The van der Waals surface area contributed by atoms with E-state index in [4.69, 9.17) is 4.74 Å². The second kappa shape index (κ2) is 5.67. The van der Waals surface area contributed by atoms with Gasteiger partial charge in [0.15, 0.2) is 0 Å². The maximum atomic E-state index is 12.6. The van der Waals surface area contributed by atoms with E-state index in [1.54, 1.807) is 20.1 Å². The number of carbonyl (C=O) groups is 1. The molecule has 0 unspecified atom stereocenters. The minimum atomic E-state index is -0.116. The fourth-order valence-corrected chi connectivity index (χ4v) is 2.68. The summed E-state index contributed by atoms with van der Waals surface area (Å²) in [5, 5.41) is 0. The molecule has 1 aromatic carbocycles. The van der Waals surface area contributed by atoms with Crippen molar-refractivity contribution in [2.45, 2.75) is 19.9 Å². The van der Waals surface area contributed by atoms with Crippen LogP contribution in [0.3, 0.4) is 0 Å². The number of H-pyrrole nitrogens is 1. The van der Waals surface area contributed by atoms with Crippen LogP contribution in [0.5, 0.6) is 5.75 Å². The molecule has 1 aromatic heterocycles. The Hall–Kier alpha value is -2.56. The van der Waals surface area contributed by atoms with Gasteiger partial charge < -0.3 is 14.6 Å². The molecule has 22 heavy (non-hydrogen) atoms. The number of nitrogens with zero attached hydrogens (tertiary/aromatic N) is 1. The van der Waals surface area contributed by atoms with Crippen LogP contribution >= 0.6 is 0 Å². The Balaban J connectivity index is 1.83. The number of ether oxygens (including phenoxy) is 1. The molecule has 1 amide bonds. The summed E-state index contributed by atoms with van der Waals surface area (Å²) in [5.74, 6) is 0.767. The fourth-order valence-electron chi connectivity index (χ4n) is 2.68. The van der Waals surface area contributed by atoms with Gasteiger partial charge in [-0.15, -0.1) is 0 Å². The first-order chi connectivity index (χ1) is 10.6. The number of amides is 1. The number of aromatic nitrogens is 1. The molecule has 0 fully saturated rings. The second-order valence-electron chi connectivity index (χ2n) is 5.50. The molecule has 3 rings (SSSR count). The van der Waals surface area contributed by atoms with Crippen molar-refractivity contribution in [3.63, 3.8) is 0 Å². The summed E-state index contributed by atoms with van der Waals surface area (Å²) in [6.45, 7) is 2.88. The second-order valence-corrected chi connectivity index (χ2v) is 5.50. The Morgan fingerprint density at radius 1 is 1.23 bits per heavy atom. The fraction of sp³-hybridized carbons (Fsp3) is 0.294. The van der Waals surface area contributed by atoms with Gasteiger partial charge in [-0.3, -0.25) is 9.59 Å². The smallest absolute Gasteiger partial charge is 0.255 e. The lowest BCUT2D eigenvalue weighted by Crippen LogP contribution is -2.38. The molecule has 0 aliphatic carbocycles. The Labute approximate surface area is 128 Å². The normalized spacial score (nSPS) is 13.9. The summed E-state index contributed by atoms with van der Waals surface area (Å²) >= 11 is 0. The maximum Gasteiger partial charge on any atom is 0.255 e. The Morgan fingerprint density at radius 2 is 1.95 bits per heavy atom. The predicted octanol–water partition coefficient (Wildman–Crippen LogP) is 1.89. The van der Waals surface area contributed by atoms with Crippen LogP contribution in [0.2, 0.25) is 0 Å². The minimum Gasteiger partial charge on any atom is -0.497 e. The van der Waals surface area contributed by atoms with Crippen LogP contribution in [0.1, 0.15) is 27.2 Å². The van der Waals surface area contributed by atoms with Gasteiger partial charge in [0.2, 0.25) is 0 Å². The largest absolute Gasteiger partial charge is 0.497 e. The number of rotatable bonds is 3. The number of hydrogen-bond donors (Lipinski definition) is 1. The monoisotopic (exact) mass is 298 g/mol. The molecule has 1 aliphatic rings. The first-order valence-electron chi connectivity index (χ1n) is 7.23. The molecule has 0 spiro atoms. The van der Waals surface area contributed by atoms with Gasteiger partial charge in [0.05, 0.1) is 12.7 Å². The predicted molar refractivity (Wildman–Crippen MR) is 83.2 cm³/mol. The van der Waals surface area contributed by atoms with Gasteiger partial charge in [-0.25, -0.2) is 0 Å². The first-order valence-corrected chi connectivity index (χ1v) is 7.23. The average Bonchev–Trinajstić information content (AvgIpc) is 2.53. The molecule has 0 saturated carbocycles. The van der Waals surface area contributed by atoms with Crippen molar-refractivity contribution >= 4 is 5.91 Å². The van der Waals surface area contributed by atoms with Gasteiger partial charge in [-0.1, -0.05) is 12.1 Å². The van der Waals surface area contributed by atoms with Crippen molar-refractivity contribution < 1.29 is 9.53 Å². The number of methoxy groups -OCH3 is 1. The lowest BCUT2D eigenvalue weighted by molar-refractivity contribution is 0.0725. The summed E-state index contributed by atoms with van der Waals surface area (Å²) in [5.41, 5.74) is 2.86.